The molecular formula is C21H41ClO3. The lowest BCUT2D eigenvalue weighted by atomic mass is 10.0. The van der Waals surface area contributed by atoms with Gasteiger partial charge in [-0.3, -0.25) is 4.79 Å². The molecule has 0 aromatic heterocycles. The summed E-state index contributed by atoms with van der Waals surface area (Å²) in [5, 5.41) is 9.91. The zero-order valence-electron chi connectivity index (χ0n) is 16.7. The van der Waals surface area contributed by atoms with E-state index in [4.69, 9.17) is 16.3 Å². The lowest BCUT2D eigenvalue weighted by molar-refractivity contribution is -0.138. The van der Waals surface area contributed by atoms with Crippen LogP contribution >= 0.6 is 11.6 Å². The van der Waals surface area contributed by atoms with Crippen molar-refractivity contribution in [1.82, 2.24) is 0 Å². The molecule has 0 spiro atoms. The minimum absolute atomic E-state index is 0.00424. The molecule has 0 bridgehead atoms. The molecule has 4 heteroatoms. The maximum Gasteiger partial charge on any atom is 0.164 e. The number of carbonyl (C=O) groups is 1. The van der Waals surface area contributed by atoms with E-state index in [1.54, 1.807) is 0 Å². The Balaban J connectivity index is 3.23. The number of alkyl halides is 1. The highest BCUT2D eigenvalue weighted by molar-refractivity contribution is 6.20. The zero-order chi connectivity index (χ0) is 18.8. The topological polar surface area (TPSA) is 46.5 Å². The first kappa shape index (κ1) is 24.9. The highest BCUT2D eigenvalue weighted by Gasteiger charge is 2.31. The van der Waals surface area contributed by atoms with Crippen molar-refractivity contribution in [2.24, 2.45) is 0 Å². The van der Waals surface area contributed by atoms with Gasteiger partial charge in [-0.2, -0.15) is 0 Å². The zero-order valence-corrected chi connectivity index (χ0v) is 17.4. The van der Waals surface area contributed by atoms with Crippen LogP contribution in [0.15, 0.2) is 0 Å². The van der Waals surface area contributed by atoms with Crippen LogP contribution in [0.1, 0.15) is 104 Å². The van der Waals surface area contributed by atoms with Gasteiger partial charge < -0.3 is 9.84 Å². The number of halogens is 1. The van der Waals surface area contributed by atoms with Crippen molar-refractivity contribution in [3.05, 3.63) is 0 Å². The van der Waals surface area contributed by atoms with E-state index in [0.29, 0.717) is 6.61 Å². The van der Waals surface area contributed by atoms with Gasteiger partial charge in [0.05, 0.1) is 12.5 Å². The summed E-state index contributed by atoms with van der Waals surface area (Å²) in [5.41, 5.74) is -1.52. The number of carbonyl (C=O) groups excluding carboxylic acids is 1. The monoisotopic (exact) mass is 376 g/mol. The number of hydrogen-bond donors (Lipinski definition) is 1. The Morgan fingerprint density at radius 2 is 1.24 bits per heavy atom. The number of hydrogen-bond acceptors (Lipinski definition) is 3. The summed E-state index contributed by atoms with van der Waals surface area (Å²) in [6, 6.07) is 0. The smallest absolute Gasteiger partial charge is 0.164 e. The van der Waals surface area contributed by atoms with Crippen molar-refractivity contribution in [2.75, 3.05) is 19.1 Å². The van der Waals surface area contributed by atoms with Crippen LogP contribution in [0.2, 0.25) is 0 Å². The third kappa shape index (κ3) is 14.7. The predicted molar refractivity (Wildman–Crippen MR) is 107 cm³/mol. The van der Waals surface area contributed by atoms with Gasteiger partial charge in [0.2, 0.25) is 0 Å². The average molecular weight is 377 g/mol. The van der Waals surface area contributed by atoms with E-state index >= 15 is 0 Å². The van der Waals surface area contributed by atoms with Crippen LogP contribution in [0, 0.1) is 0 Å². The van der Waals surface area contributed by atoms with E-state index in [2.05, 4.69) is 6.92 Å². The van der Waals surface area contributed by atoms with Crippen molar-refractivity contribution in [1.29, 1.82) is 0 Å². The highest BCUT2D eigenvalue weighted by Crippen LogP contribution is 2.13. The molecule has 25 heavy (non-hydrogen) atoms. The molecule has 0 amide bonds. The number of ether oxygens (including phenoxy) is 1. The van der Waals surface area contributed by atoms with E-state index in [0.717, 1.165) is 12.8 Å². The molecule has 3 nitrogen and oxygen atoms in total. The molecule has 0 aromatic carbocycles. The molecule has 0 saturated carbocycles. The first-order valence-corrected chi connectivity index (χ1v) is 11.0. The summed E-state index contributed by atoms with van der Waals surface area (Å²) in [6.07, 6.45) is 18.6. The molecule has 0 aliphatic rings. The lowest BCUT2D eigenvalue weighted by Crippen LogP contribution is -2.43. The summed E-state index contributed by atoms with van der Waals surface area (Å²) >= 11 is 5.62. The summed E-state index contributed by atoms with van der Waals surface area (Å²) in [5.74, 6) is -0.440. The van der Waals surface area contributed by atoms with Crippen LogP contribution in [-0.4, -0.2) is 35.6 Å². The fourth-order valence-corrected chi connectivity index (χ4v) is 3.14. The lowest BCUT2D eigenvalue weighted by Gasteiger charge is -2.22. The molecule has 0 aromatic rings. The van der Waals surface area contributed by atoms with Crippen LogP contribution in [-0.2, 0) is 9.53 Å². The Hall–Kier alpha value is -0.120. The van der Waals surface area contributed by atoms with Crippen molar-refractivity contribution >= 4 is 17.4 Å². The largest absolute Gasteiger partial charge is 0.378 e. The van der Waals surface area contributed by atoms with E-state index < -0.39 is 5.60 Å². The van der Waals surface area contributed by atoms with Gasteiger partial charge in [-0.05, 0) is 13.3 Å². The quantitative estimate of drug-likeness (QED) is 0.220. The minimum atomic E-state index is -1.52. The third-order valence-corrected chi connectivity index (χ3v) is 5.30. The van der Waals surface area contributed by atoms with Gasteiger partial charge in [-0.15, -0.1) is 11.6 Å². The van der Waals surface area contributed by atoms with Crippen molar-refractivity contribution in [3.8, 4) is 0 Å². The maximum atomic E-state index is 11.3. The van der Waals surface area contributed by atoms with Crippen LogP contribution in [0.4, 0.5) is 0 Å². The molecule has 0 aliphatic heterocycles. The second-order valence-electron chi connectivity index (χ2n) is 7.37. The van der Waals surface area contributed by atoms with Gasteiger partial charge in [0.1, 0.15) is 0 Å². The van der Waals surface area contributed by atoms with Gasteiger partial charge in [0.25, 0.3) is 0 Å². The molecule has 0 rings (SSSR count). The normalized spacial score (nSPS) is 13.8. The molecule has 0 saturated heterocycles. The number of aliphatic hydroxyl groups is 1. The minimum Gasteiger partial charge on any atom is -0.378 e. The Morgan fingerprint density at radius 1 is 0.840 bits per heavy atom. The average Bonchev–Trinajstić information content (AvgIpc) is 2.61. The molecule has 150 valence electrons. The van der Waals surface area contributed by atoms with Crippen LogP contribution in [0.5, 0.6) is 0 Å². The first-order chi connectivity index (χ1) is 12.1. The van der Waals surface area contributed by atoms with Crippen molar-refractivity contribution < 1.29 is 14.6 Å². The third-order valence-electron chi connectivity index (χ3n) is 4.86. The van der Waals surface area contributed by atoms with Gasteiger partial charge in [0, 0.05) is 6.61 Å². The summed E-state index contributed by atoms with van der Waals surface area (Å²) in [6.45, 7) is 4.20. The fourth-order valence-electron chi connectivity index (χ4n) is 2.87. The number of ketones is 1. The fraction of sp³-hybridized carbons (Fsp3) is 0.952. The van der Waals surface area contributed by atoms with E-state index in [9.17, 15) is 9.90 Å². The maximum absolute atomic E-state index is 11.3. The van der Waals surface area contributed by atoms with Crippen LogP contribution in [0.3, 0.4) is 0 Å². The predicted octanol–water partition coefficient (Wildman–Crippen LogP) is 6.04. The van der Waals surface area contributed by atoms with Crippen LogP contribution < -0.4 is 0 Å². The number of rotatable bonds is 19. The van der Waals surface area contributed by atoms with Gasteiger partial charge in [0.15, 0.2) is 11.4 Å². The van der Waals surface area contributed by atoms with E-state index in [-0.39, 0.29) is 18.3 Å². The summed E-state index contributed by atoms with van der Waals surface area (Å²) < 4.78 is 5.40. The van der Waals surface area contributed by atoms with Gasteiger partial charge in [-0.25, -0.2) is 0 Å². The van der Waals surface area contributed by atoms with E-state index in [1.807, 2.05) is 0 Å². The summed E-state index contributed by atoms with van der Waals surface area (Å²) in [7, 11) is 0. The molecule has 1 N–H and O–H groups in total. The Morgan fingerprint density at radius 3 is 1.60 bits per heavy atom. The molecule has 0 aliphatic carbocycles. The van der Waals surface area contributed by atoms with Gasteiger partial charge in [-0.1, -0.05) is 90.4 Å². The highest BCUT2D eigenvalue weighted by atomic mass is 35.5. The van der Waals surface area contributed by atoms with Crippen molar-refractivity contribution in [2.45, 2.75) is 109 Å². The SMILES string of the molecule is CCCCCCCCCCCCCCCCOCC(O)(CCl)C(C)=O. The van der Waals surface area contributed by atoms with Crippen LogP contribution in [0.25, 0.3) is 0 Å². The second-order valence-corrected chi connectivity index (χ2v) is 7.64. The number of Topliss-reactive ketones (excluding diaryl/α,β-unsaturated/α-hetero) is 1. The molecular weight excluding hydrogens is 336 g/mol. The Bertz CT molecular complexity index is 310. The van der Waals surface area contributed by atoms with E-state index in [1.165, 1.54) is 84.0 Å². The standard InChI is InChI=1S/C21H41ClO3/c1-3-4-5-6-7-8-9-10-11-12-13-14-15-16-17-25-19-21(24,18-22)20(2)23/h24H,3-19H2,1-2H3. The summed E-state index contributed by atoms with van der Waals surface area (Å²) in [4.78, 5) is 11.3. The first-order valence-electron chi connectivity index (χ1n) is 10.4. The second kappa shape index (κ2) is 17.3. The molecule has 1 unspecified atom stereocenters. The van der Waals surface area contributed by atoms with Gasteiger partial charge >= 0.3 is 0 Å². The molecule has 0 heterocycles. The Labute approximate surface area is 160 Å². The Kier molecular flexibility index (Phi) is 17.2. The molecule has 0 radical (unpaired) electrons. The molecule has 1 atom stereocenters. The van der Waals surface area contributed by atoms with Crippen molar-refractivity contribution in [3.63, 3.8) is 0 Å². The number of unbranched alkanes of at least 4 members (excludes halogenated alkanes) is 13. The molecule has 0 fully saturated rings.